The number of hydrogen-bond donors (Lipinski definition) is 2. The fourth-order valence-electron chi connectivity index (χ4n) is 3.97. The van der Waals surface area contributed by atoms with Crippen molar-refractivity contribution in [3.8, 4) is 11.5 Å². The zero-order chi connectivity index (χ0) is 21.1. The SMILES string of the molecule is O=C(COC(=O)CCCN1C(=O)NC2(CCCC2)C1=O)Nc1ccc2c(c1)OCO2. The van der Waals surface area contributed by atoms with Crippen LogP contribution >= 0.6 is 0 Å². The fourth-order valence-corrected chi connectivity index (χ4v) is 3.97. The standard InChI is InChI=1S/C20H23N3O7/c24-16(21-13-5-6-14-15(10-13)30-12-29-14)11-28-17(25)4-3-9-23-18(26)20(22-19(23)27)7-1-2-8-20/h5-6,10H,1-4,7-9,11-12H2,(H,21,24)(H,22,27). The number of nitrogens with one attached hydrogen (secondary N) is 2. The fraction of sp³-hybridized carbons (Fsp3) is 0.500. The minimum atomic E-state index is -0.746. The van der Waals surface area contributed by atoms with E-state index in [2.05, 4.69) is 10.6 Å². The maximum Gasteiger partial charge on any atom is 0.325 e. The van der Waals surface area contributed by atoms with Crippen LogP contribution in [0.3, 0.4) is 0 Å². The van der Waals surface area contributed by atoms with Gasteiger partial charge in [0.1, 0.15) is 5.54 Å². The highest BCUT2D eigenvalue weighted by Crippen LogP contribution is 2.35. The molecule has 10 heteroatoms. The van der Waals surface area contributed by atoms with E-state index in [9.17, 15) is 19.2 Å². The van der Waals surface area contributed by atoms with E-state index in [1.807, 2.05) is 0 Å². The Morgan fingerprint density at radius 1 is 1.17 bits per heavy atom. The zero-order valence-corrected chi connectivity index (χ0v) is 16.4. The summed E-state index contributed by atoms with van der Waals surface area (Å²) in [5.74, 6) is -0.132. The average Bonchev–Trinajstić information content (AvgIpc) is 3.43. The number of benzene rings is 1. The number of ether oxygens (including phenoxy) is 3. The number of hydrogen-bond acceptors (Lipinski definition) is 7. The molecule has 0 atom stereocenters. The molecule has 1 aromatic rings. The molecule has 2 N–H and O–H groups in total. The first kappa shape index (κ1) is 20.0. The van der Waals surface area contributed by atoms with Crippen molar-refractivity contribution in [3.05, 3.63) is 18.2 Å². The maximum absolute atomic E-state index is 12.5. The number of rotatable bonds is 7. The summed E-state index contributed by atoms with van der Waals surface area (Å²) < 4.78 is 15.4. The first-order valence-electron chi connectivity index (χ1n) is 9.96. The molecule has 3 aliphatic rings. The number of amides is 4. The summed E-state index contributed by atoms with van der Waals surface area (Å²) in [6.45, 7) is -0.152. The lowest BCUT2D eigenvalue weighted by molar-refractivity contribution is -0.147. The number of carbonyl (C=O) groups is 4. The van der Waals surface area contributed by atoms with E-state index in [4.69, 9.17) is 14.2 Å². The molecule has 30 heavy (non-hydrogen) atoms. The summed E-state index contributed by atoms with van der Waals surface area (Å²) in [6.07, 6.45) is 3.43. The van der Waals surface area contributed by atoms with E-state index in [1.54, 1.807) is 18.2 Å². The molecule has 160 valence electrons. The third-order valence-electron chi connectivity index (χ3n) is 5.49. The molecule has 1 saturated carbocycles. The Labute approximate surface area is 172 Å². The molecule has 0 unspecified atom stereocenters. The highest BCUT2D eigenvalue weighted by molar-refractivity contribution is 6.07. The van der Waals surface area contributed by atoms with Crippen LogP contribution in [0.15, 0.2) is 18.2 Å². The largest absolute Gasteiger partial charge is 0.456 e. The summed E-state index contributed by atoms with van der Waals surface area (Å²) in [7, 11) is 0. The van der Waals surface area contributed by atoms with Gasteiger partial charge in [0.05, 0.1) is 0 Å². The number of anilines is 1. The third-order valence-corrected chi connectivity index (χ3v) is 5.49. The lowest BCUT2D eigenvalue weighted by atomic mass is 9.98. The molecule has 0 bridgehead atoms. The summed E-state index contributed by atoms with van der Waals surface area (Å²) in [5.41, 5.74) is -0.246. The van der Waals surface area contributed by atoms with Gasteiger partial charge in [0.15, 0.2) is 18.1 Å². The second-order valence-corrected chi connectivity index (χ2v) is 7.56. The van der Waals surface area contributed by atoms with Crippen molar-refractivity contribution < 1.29 is 33.4 Å². The van der Waals surface area contributed by atoms with Gasteiger partial charge in [-0.15, -0.1) is 0 Å². The molecular weight excluding hydrogens is 394 g/mol. The van der Waals surface area contributed by atoms with Crippen molar-refractivity contribution in [1.29, 1.82) is 0 Å². The molecule has 2 aliphatic heterocycles. The smallest absolute Gasteiger partial charge is 0.325 e. The van der Waals surface area contributed by atoms with Gasteiger partial charge in [-0.2, -0.15) is 0 Å². The summed E-state index contributed by atoms with van der Waals surface area (Å²) in [4.78, 5) is 49.7. The highest BCUT2D eigenvalue weighted by atomic mass is 16.7. The van der Waals surface area contributed by atoms with Crippen LogP contribution in [0.25, 0.3) is 0 Å². The Bertz CT molecular complexity index is 879. The Morgan fingerprint density at radius 2 is 1.93 bits per heavy atom. The number of imide groups is 1. The molecule has 1 saturated heterocycles. The Hall–Kier alpha value is -3.30. The van der Waals surface area contributed by atoms with Crippen molar-refractivity contribution in [3.63, 3.8) is 0 Å². The van der Waals surface area contributed by atoms with Gasteiger partial charge >= 0.3 is 12.0 Å². The number of esters is 1. The molecule has 1 aromatic carbocycles. The molecule has 4 amide bonds. The van der Waals surface area contributed by atoms with Gasteiger partial charge < -0.3 is 24.8 Å². The van der Waals surface area contributed by atoms with Crippen LogP contribution in [0.5, 0.6) is 11.5 Å². The predicted octanol–water partition coefficient (Wildman–Crippen LogP) is 1.54. The second kappa shape index (κ2) is 8.21. The number of fused-ring (bicyclic) bond motifs is 1. The first-order chi connectivity index (χ1) is 14.5. The molecule has 4 rings (SSSR count). The van der Waals surface area contributed by atoms with Crippen LogP contribution in [0, 0.1) is 0 Å². The van der Waals surface area contributed by atoms with Crippen LogP contribution in [0.2, 0.25) is 0 Å². The van der Waals surface area contributed by atoms with E-state index >= 15 is 0 Å². The quantitative estimate of drug-likeness (QED) is 0.509. The van der Waals surface area contributed by atoms with Crippen LogP contribution in [0.4, 0.5) is 10.5 Å². The minimum absolute atomic E-state index is 0.00135. The molecule has 0 radical (unpaired) electrons. The maximum atomic E-state index is 12.5. The molecule has 1 aliphatic carbocycles. The summed E-state index contributed by atoms with van der Waals surface area (Å²) in [5, 5.41) is 5.41. The van der Waals surface area contributed by atoms with Crippen molar-refractivity contribution in [1.82, 2.24) is 10.2 Å². The summed E-state index contributed by atoms with van der Waals surface area (Å²) >= 11 is 0. The van der Waals surface area contributed by atoms with Gasteiger partial charge in [-0.25, -0.2) is 4.79 Å². The first-order valence-corrected chi connectivity index (χ1v) is 9.96. The lowest BCUT2D eigenvalue weighted by Crippen LogP contribution is -2.44. The normalized spacial score (nSPS) is 18.6. The number of carbonyl (C=O) groups excluding carboxylic acids is 4. The van der Waals surface area contributed by atoms with Gasteiger partial charge in [0.2, 0.25) is 6.79 Å². The van der Waals surface area contributed by atoms with E-state index in [1.165, 1.54) is 4.90 Å². The number of nitrogens with zero attached hydrogens (tertiary/aromatic N) is 1. The van der Waals surface area contributed by atoms with Gasteiger partial charge in [0.25, 0.3) is 11.8 Å². The van der Waals surface area contributed by atoms with Crippen LogP contribution in [0.1, 0.15) is 38.5 Å². The van der Waals surface area contributed by atoms with Gasteiger partial charge in [-0.3, -0.25) is 19.3 Å². The Morgan fingerprint density at radius 3 is 2.73 bits per heavy atom. The topological polar surface area (TPSA) is 123 Å². The molecular formula is C20H23N3O7. The van der Waals surface area contributed by atoms with Crippen LogP contribution in [-0.4, -0.2) is 54.2 Å². The third kappa shape index (κ3) is 4.03. The van der Waals surface area contributed by atoms with Crippen LogP contribution in [-0.2, 0) is 19.1 Å². The van der Waals surface area contributed by atoms with Gasteiger partial charge in [0, 0.05) is 24.7 Å². The predicted molar refractivity (Wildman–Crippen MR) is 103 cm³/mol. The lowest BCUT2D eigenvalue weighted by Gasteiger charge is -2.19. The number of urea groups is 1. The zero-order valence-electron chi connectivity index (χ0n) is 16.4. The summed E-state index contributed by atoms with van der Waals surface area (Å²) in [6, 6.07) is 4.55. The molecule has 1 spiro atoms. The molecule has 2 fully saturated rings. The van der Waals surface area contributed by atoms with E-state index < -0.39 is 30.1 Å². The van der Waals surface area contributed by atoms with E-state index in [0.29, 0.717) is 30.0 Å². The highest BCUT2D eigenvalue weighted by Gasteiger charge is 2.52. The van der Waals surface area contributed by atoms with Crippen LogP contribution < -0.4 is 20.1 Å². The molecule has 10 nitrogen and oxygen atoms in total. The minimum Gasteiger partial charge on any atom is -0.456 e. The van der Waals surface area contributed by atoms with Gasteiger partial charge in [-0.1, -0.05) is 12.8 Å². The average molecular weight is 417 g/mol. The molecule has 2 heterocycles. The van der Waals surface area contributed by atoms with Crippen molar-refractivity contribution >= 4 is 29.5 Å². The Kier molecular flexibility index (Phi) is 5.47. The molecule has 0 aromatic heterocycles. The second-order valence-electron chi connectivity index (χ2n) is 7.56. The van der Waals surface area contributed by atoms with E-state index in [0.717, 1.165) is 12.8 Å². The van der Waals surface area contributed by atoms with Crippen molar-refractivity contribution in [2.75, 3.05) is 25.3 Å². The van der Waals surface area contributed by atoms with E-state index in [-0.39, 0.29) is 32.1 Å². The monoisotopic (exact) mass is 417 g/mol. The van der Waals surface area contributed by atoms with Crippen molar-refractivity contribution in [2.45, 2.75) is 44.1 Å². The van der Waals surface area contributed by atoms with Crippen molar-refractivity contribution in [2.24, 2.45) is 0 Å². The van der Waals surface area contributed by atoms with Gasteiger partial charge in [-0.05, 0) is 31.4 Å². The Balaban J connectivity index is 1.17.